The third-order valence-electron chi connectivity index (χ3n) is 4.00. The summed E-state index contributed by atoms with van der Waals surface area (Å²) in [6, 6.07) is 12.0. The van der Waals surface area contributed by atoms with Crippen LogP contribution in [0, 0.1) is 11.6 Å². The van der Waals surface area contributed by atoms with E-state index < -0.39 is 27.6 Å². The van der Waals surface area contributed by atoms with Gasteiger partial charge in [-0.05, 0) is 60.7 Å². The molecule has 30 heavy (non-hydrogen) atoms. The number of hydrogen-bond donors (Lipinski definition) is 2. The van der Waals surface area contributed by atoms with Crippen LogP contribution >= 0.6 is 11.6 Å². The zero-order valence-electron chi connectivity index (χ0n) is 15.4. The minimum Gasteiger partial charge on any atom is -0.495 e. The van der Waals surface area contributed by atoms with Crippen LogP contribution in [0.15, 0.2) is 65.6 Å². The minimum absolute atomic E-state index is 0.0196. The maximum Gasteiger partial charge on any atom is 0.262 e. The number of carbonyl (C=O) groups is 1. The molecule has 0 aliphatic rings. The summed E-state index contributed by atoms with van der Waals surface area (Å²) in [5, 5.41) is 2.66. The Kier molecular flexibility index (Phi) is 6.23. The van der Waals surface area contributed by atoms with Gasteiger partial charge in [-0.1, -0.05) is 11.6 Å². The van der Waals surface area contributed by atoms with Crippen LogP contribution in [-0.2, 0) is 10.0 Å². The predicted octanol–water partition coefficient (Wildman–Crippen LogP) is 4.68. The van der Waals surface area contributed by atoms with Crippen LogP contribution in [0.1, 0.15) is 10.4 Å². The summed E-state index contributed by atoms with van der Waals surface area (Å²) in [6.07, 6.45) is 0. The van der Waals surface area contributed by atoms with Gasteiger partial charge in [0.15, 0.2) is 0 Å². The molecule has 0 unspecified atom stereocenters. The van der Waals surface area contributed by atoms with Gasteiger partial charge in [-0.25, -0.2) is 17.2 Å². The lowest BCUT2D eigenvalue weighted by Gasteiger charge is -2.14. The van der Waals surface area contributed by atoms with E-state index in [1.54, 1.807) is 0 Å². The first-order valence-electron chi connectivity index (χ1n) is 8.42. The molecule has 0 saturated heterocycles. The fraction of sp³-hybridized carbons (Fsp3) is 0.0500. The summed E-state index contributed by atoms with van der Waals surface area (Å²) in [5.41, 5.74) is -0.0741. The highest BCUT2D eigenvalue weighted by Gasteiger charge is 2.18. The molecule has 0 spiro atoms. The van der Waals surface area contributed by atoms with Crippen LogP contribution in [-0.4, -0.2) is 21.4 Å². The lowest BCUT2D eigenvalue weighted by atomic mass is 10.2. The van der Waals surface area contributed by atoms with Crippen molar-refractivity contribution in [1.29, 1.82) is 0 Å². The number of sulfonamides is 1. The quantitative estimate of drug-likeness (QED) is 0.568. The van der Waals surface area contributed by atoms with Crippen molar-refractivity contribution in [3.8, 4) is 5.75 Å². The molecule has 6 nitrogen and oxygen atoms in total. The summed E-state index contributed by atoms with van der Waals surface area (Å²) in [5.74, 6) is -1.94. The van der Waals surface area contributed by atoms with E-state index in [-0.39, 0.29) is 32.6 Å². The zero-order valence-corrected chi connectivity index (χ0v) is 17.0. The Balaban J connectivity index is 1.89. The maximum atomic E-state index is 13.9. The molecule has 3 aromatic carbocycles. The molecule has 0 bridgehead atoms. The SMILES string of the molecule is COc1ccc(NC(=O)c2cc(Cl)ccc2F)cc1NS(=O)(=O)c1ccc(F)cc1. The lowest BCUT2D eigenvalue weighted by Crippen LogP contribution is -2.16. The number of anilines is 2. The van der Waals surface area contributed by atoms with Gasteiger partial charge >= 0.3 is 0 Å². The van der Waals surface area contributed by atoms with Gasteiger partial charge in [0.25, 0.3) is 15.9 Å². The average Bonchev–Trinajstić information content (AvgIpc) is 2.70. The van der Waals surface area contributed by atoms with Crippen molar-refractivity contribution in [3.05, 3.63) is 82.9 Å². The number of rotatable bonds is 6. The number of hydrogen-bond acceptors (Lipinski definition) is 4. The van der Waals surface area contributed by atoms with Crippen molar-refractivity contribution in [2.45, 2.75) is 4.90 Å². The Hall–Kier alpha value is -3.17. The van der Waals surface area contributed by atoms with E-state index in [2.05, 4.69) is 10.0 Å². The number of benzene rings is 3. The maximum absolute atomic E-state index is 13.9. The topological polar surface area (TPSA) is 84.5 Å². The first-order valence-corrected chi connectivity index (χ1v) is 10.3. The Labute approximate surface area is 176 Å². The summed E-state index contributed by atoms with van der Waals surface area (Å²) < 4.78 is 59.6. The van der Waals surface area contributed by atoms with Crippen LogP contribution in [0.25, 0.3) is 0 Å². The first kappa shape index (κ1) is 21.5. The first-order chi connectivity index (χ1) is 14.2. The minimum atomic E-state index is -4.06. The number of halogens is 3. The Morgan fingerprint density at radius 1 is 1.00 bits per heavy atom. The lowest BCUT2D eigenvalue weighted by molar-refractivity contribution is 0.102. The molecule has 0 fully saturated rings. The van der Waals surface area contributed by atoms with E-state index >= 15 is 0 Å². The normalized spacial score (nSPS) is 11.1. The van der Waals surface area contributed by atoms with Gasteiger partial charge in [0.1, 0.15) is 17.4 Å². The molecule has 1 amide bonds. The largest absolute Gasteiger partial charge is 0.495 e. The summed E-state index contributed by atoms with van der Waals surface area (Å²) in [4.78, 5) is 12.2. The third kappa shape index (κ3) is 4.87. The van der Waals surface area contributed by atoms with Crippen LogP contribution < -0.4 is 14.8 Å². The second-order valence-corrected chi connectivity index (χ2v) is 8.17. The smallest absolute Gasteiger partial charge is 0.262 e. The third-order valence-corrected chi connectivity index (χ3v) is 5.62. The molecule has 0 aliphatic carbocycles. The standard InChI is InChI=1S/C20H15ClF2N2O4S/c1-29-19-9-5-14(24-20(26)16-10-12(21)2-8-17(16)23)11-18(19)25-30(27,28)15-6-3-13(22)4-7-15/h2-11,25H,1H3,(H,24,26). The highest BCUT2D eigenvalue weighted by atomic mass is 35.5. The molecule has 0 saturated carbocycles. The van der Waals surface area contributed by atoms with Gasteiger partial charge in [-0.2, -0.15) is 0 Å². The summed E-state index contributed by atoms with van der Waals surface area (Å²) >= 11 is 5.81. The average molecular weight is 453 g/mol. The van der Waals surface area contributed by atoms with Crippen molar-refractivity contribution in [2.24, 2.45) is 0 Å². The van der Waals surface area contributed by atoms with Gasteiger partial charge in [-0.15, -0.1) is 0 Å². The van der Waals surface area contributed by atoms with E-state index in [0.29, 0.717) is 0 Å². The van der Waals surface area contributed by atoms with Crippen LogP contribution in [0.5, 0.6) is 5.75 Å². The number of carbonyl (C=O) groups excluding carboxylic acids is 1. The summed E-state index contributed by atoms with van der Waals surface area (Å²) in [7, 11) is -2.72. The molecule has 0 aromatic heterocycles. The van der Waals surface area contributed by atoms with Crippen molar-refractivity contribution < 1.29 is 26.7 Å². The van der Waals surface area contributed by atoms with Gasteiger partial charge in [0, 0.05) is 10.7 Å². The van der Waals surface area contributed by atoms with Crippen LogP contribution in [0.2, 0.25) is 5.02 Å². The fourth-order valence-electron chi connectivity index (χ4n) is 2.55. The highest BCUT2D eigenvalue weighted by Crippen LogP contribution is 2.30. The fourth-order valence-corrected chi connectivity index (χ4v) is 3.79. The van der Waals surface area contributed by atoms with E-state index in [9.17, 15) is 22.0 Å². The van der Waals surface area contributed by atoms with E-state index in [0.717, 1.165) is 30.3 Å². The second kappa shape index (κ2) is 8.68. The zero-order chi connectivity index (χ0) is 21.9. The molecule has 3 rings (SSSR count). The highest BCUT2D eigenvalue weighted by molar-refractivity contribution is 7.92. The van der Waals surface area contributed by atoms with Gasteiger partial charge in [0.2, 0.25) is 0 Å². The molecule has 0 atom stereocenters. The molecule has 0 heterocycles. The predicted molar refractivity (Wildman–Crippen MR) is 110 cm³/mol. The summed E-state index contributed by atoms with van der Waals surface area (Å²) in [6.45, 7) is 0. The van der Waals surface area contributed by atoms with Crippen molar-refractivity contribution in [3.63, 3.8) is 0 Å². The van der Waals surface area contributed by atoms with Gasteiger partial charge in [0.05, 0.1) is 23.3 Å². The molecule has 0 radical (unpaired) electrons. The van der Waals surface area contributed by atoms with Crippen molar-refractivity contribution in [1.82, 2.24) is 0 Å². The molecule has 0 aliphatic heterocycles. The molecule has 3 aromatic rings. The molecular weight excluding hydrogens is 438 g/mol. The van der Waals surface area contributed by atoms with E-state index in [1.165, 1.54) is 37.4 Å². The Morgan fingerprint density at radius 2 is 1.70 bits per heavy atom. The number of nitrogens with one attached hydrogen (secondary N) is 2. The van der Waals surface area contributed by atoms with Crippen LogP contribution in [0.3, 0.4) is 0 Å². The number of ether oxygens (including phenoxy) is 1. The van der Waals surface area contributed by atoms with Crippen LogP contribution in [0.4, 0.5) is 20.2 Å². The number of amides is 1. The van der Waals surface area contributed by atoms with Gasteiger partial charge in [-0.3, -0.25) is 9.52 Å². The van der Waals surface area contributed by atoms with Crippen molar-refractivity contribution >= 4 is 38.9 Å². The van der Waals surface area contributed by atoms with Crippen molar-refractivity contribution in [2.75, 3.05) is 17.1 Å². The molecule has 156 valence electrons. The second-order valence-electron chi connectivity index (χ2n) is 6.05. The molecular formula is C20H15ClF2N2O4S. The molecule has 10 heteroatoms. The van der Waals surface area contributed by atoms with E-state index in [1.807, 2.05) is 0 Å². The van der Waals surface area contributed by atoms with Gasteiger partial charge < -0.3 is 10.1 Å². The Morgan fingerprint density at radius 3 is 2.37 bits per heavy atom. The monoisotopic (exact) mass is 452 g/mol. The molecule has 2 N–H and O–H groups in total. The Bertz CT molecular complexity index is 1200. The van der Waals surface area contributed by atoms with E-state index in [4.69, 9.17) is 16.3 Å². The number of methoxy groups -OCH3 is 1.